The van der Waals surface area contributed by atoms with Gasteiger partial charge in [-0.05, 0) is 38.5 Å². The Morgan fingerprint density at radius 1 is 0.667 bits per heavy atom. The smallest absolute Gasteiger partial charge is 0.318 e. The quantitative estimate of drug-likeness (QED) is 0.0593. The lowest BCUT2D eigenvalue weighted by molar-refractivity contribution is -0.896. The van der Waals surface area contributed by atoms with Gasteiger partial charge in [0.15, 0.2) is 0 Å². The van der Waals surface area contributed by atoms with E-state index in [1.54, 1.807) is 0 Å². The molecule has 0 aromatic rings. The molecule has 0 saturated heterocycles. The van der Waals surface area contributed by atoms with E-state index in [4.69, 9.17) is 0 Å². The van der Waals surface area contributed by atoms with E-state index < -0.39 is 8.03 Å². The van der Waals surface area contributed by atoms with Crippen LogP contribution in [0.5, 0.6) is 0 Å². The molecule has 0 N–H and O–H groups in total. The molecule has 0 radical (unpaired) electrons. The summed E-state index contributed by atoms with van der Waals surface area (Å²) < 4.78 is 12.4. The molecule has 0 heterocycles. The van der Waals surface area contributed by atoms with Crippen LogP contribution in [-0.2, 0) is 4.57 Å². The maximum Gasteiger partial charge on any atom is 0.318 e. The monoisotopic (exact) mass is 484 g/mol. The van der Waals surface area contributed by atoms with Crippen molar-refractivity contribution in [1.82, 2.24) is 0 Å². The second-order valence-electron chi connectivity index (χ2n) is 11.1. The molecule has 3 unspecified atom stereocenters. The summed E-state index contributed by atoms with van der Waals surface area (Å²) in [5.41, 5.74) is -0.187. The first kappa shape index (κ1) is 32.8. The summed E-state index contributed by atoms with van der Waals surface area (Å²) in [5.74, 6) is 0. The number of unbranched alkanes of at least 4 members (excludes halogenated alkanes) is 16. The lowest BCUT2D eigenvalue weighted by Crippen LogP contribution is -2.51. The maximum absolute atomic E-state index is 11.6. The highest BCUT2D eigenvalue weighted by molar-refractivity contribution is 7.37. The van der Waals surface area contributed by atoms with Gasteiger partial charge in [-0.3, -0.25) is 0 Å². The topological polar surface area (TPSA) is 40.1 Å². The fraction of sp³-hybridized carbons (Fsp3) is 0.931. The summed E-state index contributed by atoms with van der Waals surface area (Å²) in [6.45, 7) is 4.29. The van der Waals surface area contributed by atoms with Crippen LogP contribution in [0.4, 0.5) is 0 Å². The van der Waals surface area contributed by atoms with Crippen molar-refractivity contribution >= 4 is 8.03 Å². The van der Waals surface area contributed by atoms with Gasteiger partial charge in [-0.2, -0.15) is 0 Å². The van der Waals surface area contributed by atoms with Crippen LogP contribution in [0, 0.1) is 0 Å². The van der Waals surface area contributed by atoms with Crippen molar-refractivity contribution in [1.29, 1.82) is 0 Å². The Bertz CT molecular complexity index is 473. The van der Waals surface area contributed by atoms with Gasteiger partial charge in [0.05, 0.1) is 21.1 Å². The lowest BCUT2D eigenvalue weighted by Gasteiger charge is -2.35. The second kappa shape index (κ2) is 22.2. The normalized spacial score (nSPS) is 14.7. The summed E-state index contributed by atoms with van der Waals surface area (Å²) in [6, 6.07) is 0.221. The Morgan fingerprint density at radius 2 is 1.06 bits per heavy atom. The average molecular weight is 485 g/mol. The van der Waals surface area contributed by atoms with E-state index in [1.807, 2.05) is 6.92 Å². The molecule has 0 aliphatic rings. The number of hydrogen-bond acceptors (Lipinski definition) is 2. The van der Waals surface area contributed by atoms with E-state index in [0.29, 0.717) is 0 Å². The van der Waals surface area contributed by atoms with Crippen molar-refractivity contribution in [3.8, 4) is 0 Å². The van der Waals surface area contributed by atoms with Gasteiger partial charge in [-0.1, -0.05) is 114 Å². The Hall–Kier alpha value is -0.240. The highest BCUT2D eigenvalue weighted by Gasteiger charge is 2.39. The zero-order valence-electron chi connectivity index (χ0n) is 23.2. The minimum absolute atomic E-state index is 0.187. The molecule has 33 heavy (non-hydrogen) atoms. The van der Waals surface area contributed by atoms with Crippen LogP contribution < -0.4 is 4.89 Å². The molecule has 0 amide bonds. The van der Waals surface area contributed by atoms with Crippen LogP contribution in [0.25, 0.3) is 0 Å². The van der Waals surface area contributed by atoms with Crippen LogP contribution in [0.15, 0.2) is 12.2 Å². The largest absolute Gasteiger partial charge is 0.595 e. The van der Waals surface area contributed by atoms with Crippen molar-refractivity contribution in [2.45, 2.75) is 154 Å². The van der Waals surface area contributed by atoms with Crippen molar-refractivity contribution < 1.29 is 13.9 Å². The third kappa shape index (κ3) is 19.7. The van der Waals surface area contributed by atoms with Gasteiger partial charge in [0.2, 0.25) is 5.66 Å². The standard InChI is InChI=1S/C29H59NO2P/c1-6-8-9-10-11-12-13-14-15-16-17-18-19-20-21-22-23-24-25-26-27-28(30(3,4)5)29(7-2)33(31)32/h17-18,28-29H,6-16,19-27H2,1-5H3/q+1. The van der Waals surface area contributed by atoms with Gasteiger partial charge in [0.1, 0.15) is 6.04 Å². The van der Waals surface area contributed by atoms with Crippen LogP contribution in [0.3, 0.4) is 0 Å². The first-order valence-electron chi connectivity index (χ1n) is 14.4. The van der Waals surface area contributed by atoms with Crippen molar-refractivity contribution in [2.24, 2.45) is 0 Å². The SMILES string of the molecule is CCCCCCCCCCCC=CCCCCCCCCCC(C(CC)[P+](=O)[O-])[N+](C)(C)C. The predicted octanol–water partition coefficient (Wildman–Crippen LogP) is 8.93. The number of allylic oxidation sites excluding steroid dienone is 2. The minimum Gasteiger partial charge on any atom is -0.595 e. The van der Waals surface area contributed by atoms with E-state index in [0.717, 1.165) is 23.7 Å². The van der Waals surface area contributed by atoms with Crippen LogP contribution in [-0.4, -0.2) is 37.3 Å². The maximum atomic E-state index is 11.6. The molecule has 0 saturated carbocycles. The number of nitrogens with zero attached hydrogens (tertiary/aromatic N) is 1. The predicted molar refractivity (Wildman–Crippen MR) is 146 cm³/mol. The molecular formula is C29H59NO2P+. The van der Waals surface area contributed by atoms with Gasteiger partial charge >= 0.3 is 8.03 Å². The fourth-order valence-corrected chi connectivity index (χ4v) is 6.09. The zero-order chi connectivity index (χ0) is 24.8. The van der Waals surface area contributed by atoms with Crippen molar-refractivity contribution in [3.63, 3.8) is 0 Å². The Balaban J connectivity index is 3.55. The first-order chi connectivity index (χ1) is 15.8. The molecular weight excluding hydrogens is 425 g/mol. The van der Waals surface area contributed by atoms with Gasteiger partial charge in [-0.25, -0.2) is 0 Å². The van der Waals surface area contributed by atoms with Crippen molar-refractivity contribution in [2.75, 3.05) is 21.1 Å². The molecule has 3 atom stereocenters. The van der Waals surface area contributed by atoms with E-state index in [1.165, 1.54) is 109 Å². The van der Waals surface area contributed by atoms with Crippen LogP contribution in [0.1, 0.15) is 142 Å². The van der Waals surface area contributed by atoms with E-state index >= 15 is 0 Å². The molecule has 4 heteroatoms. The molecule has 3 nitrogen and oxygen atoms in total. The molecule has 196 valence electrons. The second-order valence-corrected chi connectivity index (χ2v) is 12.3. The molecule has 0 aromatic carbocycles. The zero-order valence-corrected chi connectivity index (χ0v) is 24.1. The minimum atomic E-state index is -2.34. The molecule has 0 aromatic heterocycles. The third-order valence-corrected chi connectivity index (χ3v) is 8.39. The van der Waals surface area contributed by atoms with Gasteiger partial charge in [-0.15, -0.1) is 0 Å². The summed E-state index contributed by atoms with van der Waals surface area (Å²) in [7, 11) is 4.07. The van der Waals surface area contributed by atoms with E-state index in [2.05, 4.69) is 40.2 Å². The molecule has 0 rings (SSSR count). The van der Waals surface area contributed by atoms with E-state index in [9.17, 15) is 9.46 Å². The Labute approximate surface area is 209 Å². The van der Waals surface area contributed by atoms with E-state index in [-0.39, 0.29) is 11.7 Å². The average Bonchev–Trinajstić information content (AvgIpc) is 2.76. The molecule has 0 aliphatic carbocycles. The first-order valence-corrected chi connectivity index (χ1v) is 15.7. The summed E-state index contributed by atoms with van der Waals surface area (Å²) in [5, 5.41) is 0. The third-order valence-electron chi connectivity index (χ3n) is 7.14. The summed E-state index contributed by atoms with van der Waals surface area (Å²) in [4.78, 5) is 11.6. The van der Waals surface area contributed by atoms with Crippen LogP contribution >= 0.6 is 8.03 Å². The molecule has 0 bridgehead atoms. The highest BCUT2D eigenvalue weighted by atomic mass is 31.1. The lowest BCUT2D eigenvalue weighted by atomic mass is 9.99. The Kier molecular flexibility index (Phi) is 22.1. The fourth-order valence-electron chi connectivity index (χ4n) is 4.97. The number of hydrogen-bond donors (Lipinski definition) is 0. The number of rotatable bonds is 24. The van der Waals surface area contributed by atoms with Crippen molar-refractivity contribution in [3.05, 3.63) is 12.2 Å². The van der Waals surface area contributed by atoms with Crippen LogP contribution in [0.2, 0.25) is 0 Å². The molecule has 0 aliphatic heterocycles. The summed E-state index contributed by atoms with van der Waals surface area (Å²) >= 11 is 0. The highest BCUT2D eigenvalue weighted by Crippen LogP contribution is 2.31. The van der Waals surface area contributed by atoms with Gasteiger partial charge < -0.3 is 9.38 Å². The molecule has 0 spiro atoms. The van der Waals surface area contributed by atoms with Gasteiger partial charge in [0.25, 0.3) is 0 Å². The molecule has 0 fully saturated rings. The number of quaternary nitrogens is 1. The Morgan fingerprint density at radius 3 is 1.42 bits per heavy atom. The summed E-state index contributed by atoms with van der Waals surface area (Å²) in [6.07, 6.45) is 30.8. The van der Waals surface area contributed by atoms with Gasteiger partial charge in [0, 0.05) is 6.42 Å².